The Morgan fingerprint density at radius 3 is 2.20 bits per heavy atom. The van der Waals surface area contributed by atoms with E-state index in [0.717, 1.165) is 0 Å². The van der Waals surface area contributed by atoms with Gasteiger partial charge in [0.1, 0.15) is 0 Å². The number of aromatic nitrogens is 1. The summed E-state index contributed by atoms with van der Waals surface area (Å²) in [6.45, 7) is 0. The number of hydrogen-bond acceptors (Lipinski definition) is 2. The van der Waals surface area contributed by atoms with Gasteiger partial charge in [0.2, 0.25) is 0 Å². The molecule has 0 aliphatic rings. The van der Waals surface area contributed by atoms with E-state index in [4.69, 9.17) is 23.2 Å². The predicted molar refractivity (Wildman–Crippen MR) is 81.9 cm³/mol. The van der Waals surface area contributed by atoms with Gasteiger partial charge in [0.15, 0.2) is 0 Å². The molecule has 0 saturated carbocycles. The van der Waals surface area contributed by atoms with Gasteiger partial charge in [-0.15, -0.1) is 0 Å². The van der Waals surface area contributed by atoms with Gasteiger partial charge in [0.25, 0.3) is 0 Å². The average molecular weight is 310 g/mol. The summed E-state index contributed by atoms with van der Waals surface area (Å²) in [6.07, 6.45) is 3.26. The largest absolute Gasteiger partial charge is 0.330 e. The van der Waals surface area contributed by atoms with Crippen molar-refractivity contribution in [3.63, 3.8) is 0 Å². The van der Waals surface area contributed by atoms with Crippen LogP contribution in [-0.4, -0.2) is 30.0 Å². The average Bonchev–Trinajstić information content (AvgIpc) is 2.44. The van der Waals surface area contributed by atoms with Crippen molar-refractivity contribution in [1.82, 2.24) is 9.88 Å². The van der Waals surface area contributed by atoms with Crippen LogP contribution in [0.1, 0.15) is 0 Å². The Hall–Kier alpha value is -1.78. The van der Waals surface area contributed by atoms with Gasteiger partial charge in [0, 0.05) is 26.5 Å². The summed E-state index contributed by atoms with van der Waals surface area (Å²) >= 11 is 12.0. The lowest BCUT2D eigenvalue weighted by Gasteiger charge is -2.26. The zero-order valence-electron chi connectivity index (χ0n) is 11.0. The van der Waals surface area contributed by atoms with Crippen LogP contribution in [-0.2, 0) is 0 Å². The summed E-state index contributed by atoms with van der Waals surface area (Å²) in [5, 5.41) is 0.845. The van der Waals surface area contributed by atoms with Gasteiger partial charge in [-0.3, -0.25) is 9.88 Å². The molecule has 0 saturated heterocycles. The van der Waals surface area contributed by atoms with Crippen LogP contribution in [0.4, 0.5) is 16.2 Å². The minimum atomic E-state index is -0.186. The summed E-state index contributed by atoms with van der Waals surface area (Å²) in [4.78, 5) is 19.4. The number of benzene rings is 1. The van der Waals surface area contributed by atoms with Crippen LogP contribution in [0.25, 0.3) is 0 Å². The molecular weight excluding hydrogens is 297 g/mol. The third kappa shape index (κ3) is 3.03. The Morgan fingerprint density at radius 1 is 1.00 bits per heavy atom. The number of pyridine rings is 1. The lowest BCUT2D eigenvalue weighted by molar-refractivity contribution is 0.226. The highest BCUT2D eigenvalue weighted by molar-refractivity contribution is 6.42. The van der Waals surface area contributed by atoms with E-state index in [1.54, 1.807) is 61.7 Å². The van der Waals surface area contributed by atoms with Crippen molar-refractivity contribution in [1.29, 1.82) is 0 Å². The van der Waals surface area contributed by atoms with Crippen molar-refractivity contribution in [2.24, 2.45) is 0 Å². The quantitative estimate of drug-likeness (QED) is 0.833. The van der Waals surface area contributed by atoms with E-state index < -0.39 is 0 Å². The molecule has 0 fully saturated rings. The SMILES string of the molecule is CN(C)C(=O)N(c1ccncc1)c1ccc(Cl)c(Cl)c1. The molecule has 0 aliphatic heterocycles. The van der Waals surface area contributed by atoms with Gasteiger partial charge in [-0.1, -0.05) is 23.2 Å². The molecule has 2 amide bonds. The number of rotatable bonds is 2. The molecule has 2 aromatic rings. The number of amides is 2. The fraction of sp³-hybridized carbons (Fsp3) is 0.143. The molecule has 1 heterocycles. The van der Waals surface area contributed by atoms with E-state index in [1.807, 2.05) is 0 Å². The minimum absolute atomic E-state index is 0.186. The Bertz CT molecular complexity index is 617. The van der Waals surface area contributed by atoms with Crippen molar-refractivity contribution in [3.05, 3.63) is 52.8 Å². The molecule has 104 valence electrons. The monoisotopic (exact) mass is 309 g/mol. The van der Waals surface area contributed by atoms with Crippen molar-refractivity contribution >= 4 is 40.6 Å². The van der Waals surface area contributed by atoms with E-state index in [-0.39, 0.29) is 6.03 Å². The van der Waals surface area contributed by atoms with Gasteiger partial charge in [0.05, 0.1) is 21.4 Å². The maximum Gasteiger partial charge on any atom is 0.328 e. The molecule has 0 spiro atoms. The number of nitrogens with zero attached hydrogens (tertiary/aromatic N) is 3. The van der Waals surface area contributed by atoms with Gasteiger partial charge in [-0.2, -0.15) is 0 Å². The Balaban J connectivity index is 2.51. The summed E-state index contributed by atoms with van der Waals surface area (Å²) in [5.74, 6) is 0. The Kier molecular flexibility index (Phi) is 4.47. The van der Waals surface area contributed by atoms with Crippen LogP contribution >= 0.6 is 23.2 Å². The number of hydrogen-bond donors (Lipinski definition) is 0. The zero-order chi connectivity index (χ0) is 14.7. The highest BCUT2D eigenvalue weighted by Crippen LogP contribution is 2.31. The third-order valence-electron chi connectivity index (χ3n) is 2.66. The molecule has 20 heavy (non-hydrogen) atoms. The molecule has 4 nitrogen and oxygen atoms in total. The second-order valence-corrected chi connectivity index (χ2v) is 5.13. The van der Waals surface area contributed by atoms with Crippen molar-refractivity contribution in [2.75, 3.05) is 19.0 Å². The fourth-order valence-corrected chi connectivity index (χ4v) is 1.98. The summed E-state index contributed by atoms with van der Waals surface area (Å²) in [5.41, 5.74) is 1.35. The molecular formula is C14H13Cl2N3O. The van der Waals surface area contributed by atoms with Crippen LogP contribution in [0.3, 0.4) is 0 Å². The minimum Gasteiger partial charge on any atom is -0.330 e. The molecule has 1 aromatic carbocycles. The molecule has 0 unspecified atom stereocenters. The number of carbonyl (C=O) groups excluding carboxylic acids is 1. The molecule has 1 aromatic heterocycles. The normalized spacial score (nSPS) is 10.2. The van der Waals surface area contributed by atoms with Gasteiger partial charge in [-0.05, 0) is 30.3 Å². The van der Waals surface area contributed by atoms with E-state index in [2.05, 4.69) is 4.98 Å². The van der Waals surface area contributed by atoms with E-state index in [9.17, 15) is 4.79 Å². The van der Waals surface area contributed by atoms with E-state index in [1.165, 1.54) is 4.90 Å². The molecule has 0 radical (unpaired) electrons. The maximum atomic E-state index is 12.4. The van der Waals surface area contributed by atoms with Crippen LogP contribution in [0.5, 0.6) is 0 Å². The predicted octanol–water partition coefficient (Wildman–Crippen LogP) is 4.21. The Labute approximate surface area is 127 Å². The summed E-state index contributed by atoms with van der Waals surface area (Å²) in [7, 11) is 3.38. The fourth-order valence-electron chi connectivity index (χ4n) is 1.69. The second-order valence-electron chi connectivity index (χ2n) is 4.32. The number of carbonyl (C=O) groups is 1. The number of urea groups is 1. The van der Waals surface area contributed by atoms with Crippen LogP contribution in [0.15, 0.2) is 42.7 Å². The summed E-state index contributed by atoms with van der Waals surface area (Å²) in [6, 6.07) is 8.39. The first kappa shape index (κ1) is 14.6. The zero-order valence-corrected chi connectivity index (χ0v) is 12.6. The first-order chi connectivity index (χ1) is 9.50. The molecule has 0 bridgehead atoms. The topological polar surface area (TPSA) is 36.4 Å². The van der Waals surface area contributed by atoms with Gasteiger partial charge in [-0.25, -0.2) is 4.79 Å². The van der Waals surface area contributed by atoms with Crippen LogP contribution < -0.4 is 4.90 Å². The molecule has 6 heteroatoms. The summed E-state index contributed by atoms with van der Waals surface area (Å²) < 4.78 is 0. The van der Waals surface area contributed by atoms with Crippen molar-refractivity contribution < 1.29 is 4.79 Å². The van der Waals surface area contributed by atoms with Crippen molar-refractivity contribution in [2.45, 2.75) is 0 Å². The first-order valence-electron chi connectivity index (χ1n) is 5.87. The standard InChI is InChI=1S/C14H13Cl2N3O/c1-18(2)14(20)19(10-5-7-17-8-6-10)11-3-4-12(15)13(16)9-11/h3-9H,1-2H3. The Morgan fingerprint density at radius 2 is 1.65 bits per heavy atom. The highest BCUT2D eigenvalue weighted by atomic mass is 35.5. The second kappa shape index (κ2) is 6.11. The van der Waals surface area contributed by atoms with E-state index in [0.29, 0.717) is 21.4 Å². The van der Waals surface area contributed by atoms with Crippen LogP contribution in [0.2, 0.25) is 10.0 Å². The van der Waals surface area contributed by atoms with E-state index >= 15 is 0 Å². The van der Waals surface area contributed by atoms with Gasteiger partial charge < -0.3 is 4.90 Å². The lowest BCUT2D eigenvalue weighted by atomic mass is 10.2. The highest BCUT2D eigenvalue weighted by Gasteiger charge is 2.20. The van der Waals surface area contributed by atoms with Crippen LogP contribution in [0, 0.1) is 0 Å². The molecule has 0 atom stereocenters. The number of halogens is 2. The first-order valence-corrected chi connectivity index (χ1v) is 6.63. The smallest absolute Gasteiger partial charge is 0.328 e. The molecule has 0 N–H and O–H groups in total. The van der Waals surface area contributed by atoms with Crippen molar-refractivity contribution in [3.8, 4) is 0 Å². The maximum absolute atomic E-state index is 12.4. The molecule has 2 rings (SSSR count). The molecule has 0 aliphatic carbocycles. The van der Waals surface area contributed by atoms with Gasteiger partial charge >= 0.3 is 6.03 Å². The number of anilines is 2. The third-order valence-corrected chi connectivity index (χ3v) is 3.40. The lowest BCUT2D eigenvalue weighted by Crippen LogP contribution is -2.35.